The fraction of sp³-hybridized carbons (Fsp3) is 1.00. The van der Waals surface area contributed by atoms with Gasteiger partial charge in [0.1, 0.15) is 0 Å². The average molecular weight is 136 g/mol. The SMILES string of the molecule is CCC(P)(P)CC. The van der Waals surface area contributed by atoms with Gasteiger partial charge in [-0.05, 0) is 17.7 Å². The van der Waals surface area contributed by atoms with Gasteiger partial charge in [0.05, 0.1) is 0 Å². The maximum Gasteiger partial charge on any atom is -0.00122 e. The van der Waals surface area contributed by atoms with E-state index in [1.54, 1.807) is 0 Å². The molecule has 0 aromatic rings. The van der Waals surface area contributed by atoms with E-state index in [9.17, 15) is 0 Å². The molecule has 0 aliphatic carbocycles. The van der Waals surface area contributed by atoms with Crippen LogP contribution in [-0.2, 0) is 0 Å². The predicted octanol–water partition coefficient (Wildman–Crippen LogP) is 2.25. The summed E-state index contributed by atoms with van der Waals surface area (Å²) in [5.41, 5.74) is 0. The first kappa shape index (κ1) is 7.86. The van der Waals surface area contributed by atoms with Gasteiger partial charge in [0.25, 0.3) is 0 Å². The van der Waals surface area contributed by atoms with E-state index in [0.717, 1.165) is 0 Å². The molecule has 2 heteroatoms. The Labute approximate surface area is 50.9 Å². The second kappa shape index (κ2) is 3.00. The summed E-state index contributed by atoms with van der Waals surface area (Å²) < 4.78 is 0. The minimum Gasteiger partial charge on any atom is -0.127 e. The van der Waals surface area contributed by atoms with E-state index in [-0.39, 0.29) is 0 Å². The summed E-state index contributed by atoms with van der Waals surface area (Å²) in [4.78, 5) is 0.417. The third-order valence-corrected chi connectivity index (χ3v) is 2.95. The summed E-state index contributed by atoms with van der Waals surface area (Å²) in [6, 6.07) is 0. The van der Waals surface area contributed by atoms with Gasteiger partial charge in [-0.1, -0.05) is 13.8 Å². The monoisotopic (exact) mass is 136 g/mol. The van der Waals surface area contributed by atoms with Crippen molar-refractivity contribution in [2.75, 3.05) is 0 Å². The van der Waals surface area contributed by atoms with Crippen LogP contribution in [0.25, 0.3) is 0 Å². The van der Waals surface area contributed by atoms with E-state index >= 15 is 0 Å². The van der Waals surface area contributed by atoms with Gasteiger partial charge in [-0.15, -0.1) is 18.5 Å². The molecule has 0 fully saturated rings. The predicted molar refractivity (Wildman–Crippen MR) is 42.7 cm³/mol. The number of rotatable bonds is 2. The Morgan fingerprint density at radius 3 is 1.43 bits per heavy atom. The van der Waals surface area contributed by atoms with Gasteiger partial charge in [0.2, 0.25) is 0 Å². The first-order valence-corrected chi connectivity index (χ1v) is 3.85. The van der Waals surface area contributed by atoms with Gasteiger partial charge in [0.15, 0.2) is 0 Å². The minimum absolute atomic E-state index is 0.417. The van der Waals surface area contributed by atoms with E-state index in [2.05, 4.69) is 32.3 Å². The Bertz CT molecular complexity index is 44.0. The molecule has 0 N–H and O–H groups in total. The molecule has 0 nitrogen and oxygen atoms in total. The highest BCUT2D eigenvalue weighted by molar-refractivity contribution is 7.39. The zero-order valence-corrected chi connectivity index (χ0v) is 7.38. The molecule has 0 saturated heterocycles. The molecule has 0 aliphatic heterocycles. The van der Waals surface area contributed by atoms with Crippen LogP contribution < -0.4 is 0 Å². The van der Waals surface area contributed by atoms with Crippen LogP contribution in [0.2, 0.25) is 0 Å². The van der Waals surface area contributed by atoms with Gasteiger partial charge in [-0.25, -0.2) is 0 Å². The van der Waals surface area contributed by atoms with E-state index in [1.807, 2.05) is 0 Å². The lowest BCUT2D eigenvalue weighted by Crippen LogP contribution is -2.05. The highest BCUT2D eigenvalue weighted by Crippen LogP contribution is 2.33. The number of hydrogen-bond acceptors (Lipinski definition) is 0. The molecule has 0 radical (unpaired) electrons. The standard InChI is InChI=1S/C5H14P2/c1-3-5(6,7)4-2/h3-4,6-7H2,1-2H3. The van der Waals surface area contributed by atoms with Gasteiger partial charge in [0, 0.05) is 0 Å². The van der Waals surface area contributed by atoms with Crippen molar-refractivity contribution in [3.63, 3.8) is 0 Å². The Balaban J connectivity index is 3.36. The van der Waals surface area contributed by atoms with E-state index in [1.165, 1.54) is 12.8 Å². The molecule has 2 atom stereocenters. The lowest BCUT2D eigenvalue weighted by molar-refractivity contribution is 0.739. The Kier molecular flexibility index (Phi) is 3.37. The van der Waals surface area contributed by atoms with Crippen LogP contribution >= 0.6 is 18.5 Å². The van der Waals surface area contributed by atoms with Gasteiger partial charge in [-0.2, -0.15) is 0 Å². The quantitative estimate of drug-likeness (QED) is 0.511. The summed E-state index contributed by atoms with van der Waals surface area (Å²) in [6.07, 6.45) is 2.44. The maximum absolute atomic E-state index is 2.83. The van der Waals surface area contributed by atoms with Crippen molar-refractivity contribution in [1.29, 1.82) is 0 Å². The summed E-state index contributed by atoms with van der Waals surface area (Å²) in [7, 11) is 5.66. The third kappa shape index (κ3) is 3.44. The summed E-state index contributed by atoms with van der Waals surface area (Å²) >= 11 is 0. The van der Waals surface area contributed by atoms with Gasteiger partial charge >= 0.3 is 0 Å². The smallest absolute Gasteiger partial charge is 0.00122 e. The van der Waals surface area contributed by atoms with Crippen molar-refractivity contribution < 1.29 is 0 Å². The van der Waals surface area contributed by atoms with Crippen molar-refractivity contribution in [2.24, 2.45) is 0 Å². The molecule has 0 spiro atoms. The molecule has 0 amide bonds. The first-order valence-electron chi connectivity index (χ1n) is 2.70. The number of hydrogen-bond donors (Lipinski definition) is 0. The zero-order chi connectivity index (χ0) is 5.91. The lowest BCUT2D eigenvalue weighted by Gasteiger charge is -2.18. The summed E-state index contributed by atoms with van der Waals surface area (Å²) in [5, 5.41) is 0. The highest BCUT2D eigenvalue weighted by atomic mass is 31.1. The molecule has 44 valence electrons. The molecule has 2 unspecified atom stereocenters. The Hall–Kier alpha value is 0.860. The van der Waals surface area contributed by atoms with Crippen LogP contribution in [0.4, 0.5) is 0 Å². The zero-order valence-electron chi connectivity index (χ0n) is 5.07. The van der Waals surface area contributed by atoms with Gasteiger partial charge in [-0.3, -0.25) is 0 Å². The second-order valence-corrected chi connectivity index (χ2v) is 4.91. The van der Waals surface area contributed by atoms with Crippen LogP contribution in [0, 0.1) is 0 Å². The molecule has 0 rings (SSSR count). The van der Waals surface area contributed by atoms with Crippen molar-refractivity contribution >= 4 is 18.5 Å². The van der Waals surface area contributed by atoms with Crippen molar-refractivity contribution in [1.82, 2.24) is 0 Å². The summed E-state index contributed by atoms with van der Waals surface area (Å²) in [5.74, 6) is 0. The van der Waals surface area contributed by atoms with Crippen LogP contribution in [0.15, 0.2) is 0 Å². The van der Waals surface area contributed by atoms with Crippen LogP contribution in [0.5, 0.6) is 0 Å². The molecule has 0 aromatic carbocycles. The third-order valence-electron chi connectivity index (χ3n) is 1.32. The molecule has 0 saturated carbocycles. The van der Waals surface area contributed by atoms with E-state index in [4.69, 9.17) is 0 Å². The molecular weight excluding hydrogens is 122 g/mol. The molecule has 0 bridgehead atoms. The van der Waals surface area contributed by atoms with Crippen LogP contribution in [0.1, 0.15) is 26.7 Å². The summed E-state index contributed by atoms with van der Waals surface area (Å²) in [6.45, 7) is 4.40. The van der Waals surface area contributed by atoms with Crippen LogP contribution in [0.3, 0.4) is 0 Å². The Morgan fingerprint density at radius 1 is 1.14 bits per heavy atom. The molecule has 0 heterocycles. The molecule has 0 aliphatic rings. The first-order chi connectivity index (χ1) is 3.12. The molecular formula is C5H14P2. The van der Waals surface area contributed by atoms with E-state index < -0.39 is 0 Å². The minimum atomic E-state index is 0.417. The van der Waals surface area contributed by atoms with E-state index in [0.29, 0.717) is 4.90 Å². The Morgan fingerprint density at radius 2 is 1.43 bits per heavy atom. The van der Waals surface area contributed by atoms with Crippen molar-refractivity contribution in [3.8, 4) is 0 Å². The normalized spacial score (nSPS) is 12.0. The highest BCUT2D eigenvalue weighted by Gasteiger charge is 2.10. The lowest BCUT2D eigenvalue weighted by atomic mass is 10.2. The fourth-order valence-corrected chi connectivity index (χ4v) is 0.250. The van der Waals surface area contributed by atoms with Crippen LogP contribution in [-0.4, -0.2) is 4.90 Å². The molecule has 0 aromatic heterocycles. The van der Waals surface area contributed by atoms with Crippen molar-refractivity contribution in [3.05, 3.63) is 0 Å². The topological polar surface area (TPSA) is 0 Å². The van der Waals surface area contributed by atoms with Gasteiger partial charge < -0.3 is 0 Å². The fourth-order valence-electron chi connectivity index (χ4n) is 0.250. The second-order valence-electron chi connectivity index (χ2n) is 1.94. The maximum atomic E-state index is 2.83. The molecule has 7 heavy (non-hydrogen) atoms. The van der Waals surface area contributed by atoms with Crippen molar-refractivity contribution in [2.45, 2.75) is 31.6 Å². The average Bonchev–Trinajstić information content (AvgIpc) is 1.68. The largest absolute Gasteiger partial charge is 0.127 e.